The van der Waals surface area contributed by atoms with Gasteiger partial charge in [0.25, 0.3) is 0 Å². The third-order valence-electron chi connectivity index (χ3n) is 5.05. The van der Waals surface area contributed by atoms with Gasteiger partial charge in [0.15, 0.2) is 0 Å². The van der Waals surface area contributed by atoms with Gasteiger partial charge in [0.05, 0.1) is 9.16 Å². The van der Waals surface area contributed by atoms with E-state index in [-0.39, 0.29) is 0 Å². The molecule has 4 heterocycles. The van der Waals surface area contributed by atoms with E-state index in [0.717, 1.165) is 30.2 Å². The van der Waals surface area contributed by atoms with E-state index >= 15 is 0 Å². The molecule has 12 heteroatoms. The Morgan fingerprint density at radius 3 is 0.903 bits per heavy atom. The van der Waals surface area contributed by atoms with E-state index in [1.807, 2.05) is 0 Å². The largest absolute Gasteiger partial charge is 0.160 e. The predicted octanol–water partition coefficient (Wildman–Crippen LogP) is 8.19. The molecule has 4 fully saturated rings. The highest BCUT2D eigenvalue weighted by Gasteiger charge is 2.25. The smallest absolute Gasteiger partial charge is 0.0537 e. The molecule has 0 atom stereocenters. The molecule has 0 saturated carbocycles. The highest BCUT2D eigenvalue weighted by molar-refractivity contribution is 8.29. The molecule has 0 bridgehead atoms. The number of hydrogen-bond donors (Lipinski definition) is 0. The van der Waals surface area contributed by atoms with Gasteiger partial charge < -0.3 is 0 Å². The van der Waals surface area contributed by atoms with Gasteiger partial charge in [-0.1, -0.05) is 0 Å². The number of thioether (sulfide) groups is 12. The summed E-state index contributed by atoms with van der Waals surface area (Å²) in [7, 11) is 0. The van der Waals surface area contributed by atoms with Crippen molar-refractivity contribution in [1.82, 2.24) is 0 Å². The van der Waals surface area contributed by atoms with E-state index < -0.39 is 0 Å². The Kier molecular flexibility index (Phi) is 15.4. The van der Waals surface area contributed by atoms with E-state index in [9.17, 15) is 0 Å². The van der Waals surface area contributed by atoms with Crippen LogP contribution in [0.1, 0.15) is 6.42 Å². The van der Waals surface area contributed by atoms with Gasteiger partial charge in [-0.25, -0.2) is 0 Å². The van der Waals surface area contributed by atoms with Crippen LogP contribution in [0.4, 0.5) is 0 Å². The van der Waals surface area contributed by atoms with Crippen molar-refractivity contribution in [3.63, 3.8) is 0 Å². The second-order valence-corrected chi connectivity index (χ2v) is 23.8. The summed E-state index contributed by atoms with van der Waals surface area (Å²) in [4.78, 5) is 0. The molecule has 0 aromatic heterocycles. The molecule has 4 saturated heterocycles. The second kappa shape index (κ2) is 16.9. The van der Waals surface area contributed by atoms with Gasteiger partial charge in [-0.05, 0) is 6.42 Å². The molecule has 180 valence electrons. The molecule has 0 radical (unpaired) electrons. The molecule has 0 aliphatic carbocycles. The highest BCUT2D eigenvalue weighted by Crippen LogP contribution is 2.44. The minimum atomic E-state index is 0.777. The molecule has 0 amide bonds. The Labute approximate surface area is 241 Å². The van der Waals surface area contributed by atoms with Gasteiger partial charge in [0.1, 0.15) is 0 Å². The Morgan fingerprint density at radius 1 is 0.452 bits per heavy atom. The lowest BCUT2D eigenvalue weighted by molar-refractivity contribution is 1.03. The van der Waals surface area contributed by atoms with Gasteiger partial charge >= 0.3 is 0 Å². The monoisotopic (exact) mass is 644 g/mol. The van der Waals surface area contributed by atoms with Crippen LogP contribution in [0.25, 0.3) is 0 Å². The van der Waals surface area contributed by atoms with E-state index in [1.165, 1.54) is 72.8 Å². The minimum Gasteiger partial charge on any atom is -0.160 e. The third kappa shape index (κ3) is 11.2. The van der Waals surface area contributed by atoms with Crippen molar-refractivity contribution in [3.8, 4) is 0 Å². The standard InChI is InChI=1S/C19H32S12/c1(18(28-10-24-14-2-20-3-14)29-11-25-15-4-21-5-15)19(30-12-26-16-6-22-7-16)31-13-27-17-8-23-9-17/h14-19H,1-13H2. The molecule has 4 rings (SSSR count). The first kappa shape index (κ1) is 28.2. The zero-order chi connectivity index (χ0) is 21.1. The first-order valence-electron chi connectivity index (χ1n) is 10.6. The van der Waals surface area contributed by atoms with Gasteiger partial charge in [-0.2, -0.15) is 47.0 Å². The van der Waals surface area contributed by atoms with Crippen molar-refractivity contribution in [3.05, 3.63) is 0 Å². The Bertz CT molecular complexity index is 399. The average Bonchev–Trinajstić information content (AvgIpc) is 2.62. The zero-order valence-electron chi connectivity index (χ0n) is 17.6. The van der Waals surface area contributed by atoms with Crippen LogP contribution in [0, 0.1) is 0 Å². The van der Waals surface area contributed by atoms with Crippen LogP contribution in [0.2, 0.25) is 0 Å². The molecule has 0 aromatic rings. The fraction of sp³-hybridized carbons (Fsp3) is 1.00. The van der Waals surface area contributed by atoms with Crippen LogP contribution in [-0.4, -0.2) is 96.5 Å². The molecule has 0 spiro atoms. The van der Waals surface area contributed by atoms with Crippen LogP contribution in [-0.2, 0) is 0 Å². The first-order chi connectivity index (χ1) is 15.3. The van der Waals surface area contributed by atoms with Gasteiger partial charge in [0.2, 0.25) is 0 Å². The summed E-state index contributed by atoms with van der Waals surface area (Å²) in [6.45, 7) is 0. The topological polar surface area (TPSA) is 0 Å². The maximum atomic E-state index is 2.27. The summed E-state index contributed by atoms with van der Waals surface area (Å²) in [5.74, 6) is 11.1. The van der Waals surface area contributed by atoms with Gasteiger partial charge in [0, 0.05) is 87.4 Å². The normalized spacial score (nSPS) is 23.0. The Morgan fingerprint density at radius 2 is 0.710 bits per heavy atom. The van der Waals surface area contributed by atoms with Crippen LogP contribution < -0.4 is 0 Å². The van der Waals surface area contributed by atoms with Crippen molar-refractivity contribution in [2.45, 2.75) is 36.6 Å². The van der Waals surface area contributed by atoms with E-state index in [0.29, 0.717) is 0 Å². The lowest BCUT2D eigenvalue weighted by Gasteiger charge is -2.29. The Balaban J connectivity index is 1.20. The van der Waals surface area contributed by atoms with Gasteiger partial charge in [-0.3, -0.25) is 0 Å². The fourth-order valence-electron chi connectivity index (χ4n) is 2.61. The number of hydrogen-bond acceptors (Lipinski definition) is 12. The summed E-state index contributed by atoms with van der Waals surface area (Å²) in [5.41, 5.74) is 0. The maximum Gasteiger partial charge on any atom is 0.0537 e. The highest BCUT2D eigenvalue weighted by atomic mass is 32.3. The second-order valence-electron chi connectivity index (χ2n) is 7.54. The zero-order valence-corrected chi connectivity index (χ0v) is 27.4. The molecule has 0 nitrogen and oxygen atoms in total. The lowest BCUT2D eigenvalue weighted by Crippen LogP contribution is -2.22. The molecule has 31 heavy (non-hydrogen) atoms. The molecule has 4 aliphatic heterocycles. The van der Waals surface area contributed by atoms with Crippen molar-refractivity contribution in [1.29, 1.82) is 0 Å². The van der Waals surface area contributed by atoms with Crippen LogP contribution in [0.15, 0.2) is 0 Å². The maximum absolute atomic E-state index is 2.27. The molecular weight excluding hydrogens is 613 g/mol. The summed E-state index contributed by atoms with van der Waals surface area (Å²) >= 11 is 26.5. The quantitative estimate of drug-likeness (QED) is 0.132. The summed E-state index contributed by atoms with van der Waals surface area (Å²) < 4.78 is 1.55. The fourth-order valence-corrected chi connectivity index (χ4v) is 21.0. The summed E-state index contributed by atoms with van der Waals surface area (Å²) in [6, 6.07) is 0. The number of rotatable bonds is 18. The molecular formula is C19H32S12. The van der Waals surface area contributed by atoms with E-state index in [1.54, 1.807) is 0 Å². The van der Waals surface area contributed by atoms with E-state index in [2.05, 4.69) is 141 Å². The molecule has 0 unspecified atom stereocenters. The minimum absolute atomic E-state index is 0.777. The summed E-state index contributed by atoms with van der Waals surface area (Å²) in [6.07, 6.45) is 1.38. The van der Waals surface area contributed by atoms with Crippen molar-refractivity contribution < 1.29 is 0 Å². The van der Waals surface area contributed by atoms with Crippen LogP contribution >= 0.6 is 141 Å². The predicted molar refractivity (Wildman–Crippen MR) is 177 cm³/mol. The Hall–Kier alpha value is 4.20. The lowest BCUT2D eigenvalue weighted by atomic mass is 10.5. The van der Waals surface area contributed by atoms with E-state index in [4.69, 9.17) is 0 Å². The van der Waals surface area contributed by atoms with Crippen molar-refractivity contribution >= 4 is 141 Å². The molecule has 0 N–H and O–H groups in total. The van der Waals surface area contributed by atoms with Crippen LogP contribution in [0.5, 0.6) is 0 Å². The van der Waals surface area contributed by atoms with Crippen LogP contribution in [0.3, 0.4) is 0 Å². The molecule has 0 aromatic carbocycles. The van der Waals surface area contributed by atoms with Gasteiger partial charge in [-0.15, -0.1) is 94.1 Å². The molecule has 4 aliphatic rings. The SMILES string of the molecule is C(SC1CSC1)SC(CC(SCSC1CSC1)SCSC1CSC1)SCSC1CSC1. The third-order valence-corrected chi connectivity index (χ3v) is 23.3. The van der Waals surface area contributed by atoms with Crippen molar-refractivity contribution in [2.75, 3.05) is 66.4 Å². The average molecular weight is 645 g/mol. The first-order valence-corrected chi connectivity index (χ1v) is 23.6. The van der Waals surface area contributed by atoms with Crippen molar-refractivity contribution in [2.24, 2.45) is 0 Å². The summed E-state index contributed by atoms with van der Waals surface area (Å²) in [5, 5.41) is 8.98.